The van der Waals surface area contributed by atoms with E-state index in [9.17, 15) is 97.0 Å². The summed E-state index contributed by atoms with van der Waals surface area (Å²) in [5.74, 6) is -20.5. The molecule has 8 aromatic carbocycles. The van der Waals surface area contributed by atoms with E-state index in [1.165, 1.54) is 24.3 Å². The van der Waals surface area contributed by atoms with Gasteiger partial charge in [-0.1, -0.05) is 18.2 Å². The Morgan fingerprint density at radius 3 is 1.32 bits per heavy atom. The molecule has 13 rings (SSSR count). The number of aliphatic hydroxyl groups excluding tert-OH is 4. The highest BCUT2D eigenvalue weighted by atomic mass is 16.7. The Labute approximate surface area is 471 Å². The van der Waals surface area contributed by atoms with Crippen molar-refractivity contribution in [3.05, 3.63) is 164 Å². The molecule has 11 atom stereocenters. The average molecular weight is 1150 g/mol. The van der Waals surface area contributed by atoms with Gasteiger partial charge in [0, 0.05) is 81.3 Å². The molecule has 8 aromatic rings. The van der Waals surface area contributed by atoms with Crippen molar-refractivity contribution >= 4 is 0 Å². The van der Waals surface area contributed by atoms with E-state index in [4.69, 9.17) is 23.7 Å². The second-order valence-electron chi connectivity index (χ2n) is 21.2. The van der Waals surface area contributed by atoms with Gasteiger partial charge in [0.25, 0.3) is 0 Å². The predicted molar refractivity (Wildman–Crippen MR) is 283 cm³/mol. The minimum atomic E-state index is -2.69. The van der Waals surface area contributed by atoms with E-state index < -0.39 is 186 Å². The van der Waals surface area contributed by atoms with Crippen LogP contribution in [0.1, 0.15) is 97.3 Å². The Balaban J connectivity index is 1.09. The van der Waals surface area contributed by atoms with Crippen LogP contribution in [0.15, 0.2) is 103 Å². The minimum absolute atomic E-state index is 0.00788. The van der Waals surface area contributed by atoms with E-state index in [2.05, 4.69) is 0 Å². The molecule has 0 spiro atoms. The number of phenols is 15. The van der Waals surface area contributed by atoms with Gasteiger partial charge in [0.2, 0.25) is 0 Å². The number of benzene rings is 8. The fourth-order valence-corrected chi connectivity index (χ4v) is 12.5. The van der Waals surface area contributed by atoms with Gasteiger partial charge in [-0.15, -0.1) is 0 Å². The molecule has 5 heterocycles. The molecule has 0 aromatic heterocycles. The molecule has 0 aliphatic carbocycles. The van der Waals surface area contributed by atoms with E-state index in [0.717, 1.165) is 78.9 Å². The van der Waals surface area contributed by atoms with Gasteiger partial charge >= 0.3 is 5.79 Å². The van der Waals surface area contributed by atoms with Gasteiger partial charge in [0.05, 0.1) is 23.9 Å². The summed E-state index contributed by atoms with van der Waals surface area (Å²) in [6.07, 6.45) is -12.8. The fourth-order valence-electron chi connectivity index (χ4n) is 12.5. The highest BCUT2D eigenvalue weighted by Gasteiger charge is 2.62. The molecular weight excluding hydrogens is 1100 g/mol. The third-order valence-corrected chi connectivity index (χ3v) is 16.4. The van der Waals surface area contributed by atoms with Crippen molar-refractivity contribution in [2.45, 2.75) is 72.7 Å². The molecule has 3 unspecified atom stereocenters. The van der Waals surface area contributed by atoms with Gasteiger partial charge in [-0.3, -0.25) is 0 Å². The van der Waals surface area contributed by atoms with E-state index in [0.29, 0.717) is 0 Å². The standard InChI is InChI=1S/C60H48O24/c61-23-13-34(71)42-40(14-23)80-54(20-2-6-26(63)31(68)10-20)51(77)48(42)43-35(72)16-36(73)44-49(52(78)55(82-57(43)44)21-3-7-27(64)32(69)11-21)45-37(74)17-38(75)46-50-47-41(83-60(59(50)79,84-58(45)46)22-4-8-28(65)33(70)12-22)18-29(66)24-15-39(76)53(81-56(24)47)19-1-5-25(62)30(67)9-19/h1-14,16-18,39,48-55,59,61-79H,15H2/t39?,48-,49-,50?,51-,52-,53?,54-,55-,59-,60-/m1/s1. The third kappa shape index (κ3) is 7.68. The summed E-state index contributed by atoms with van der Waals surface area (Å²) in [4.78, 5) is 0. The van der Waals surface area contributed by atoms with Crippen molar-refractivity contribution in [2.75, 3.05) is 0 Å². The Morgan fingerprint density at radius 2 is 0.786 bits per heavy atom. The van der Waals surface area contributed by atoms with Crippen molar-refractivity contribution in [3.8, 4) is 115 Å². The maximum absolute atomic E-state index is 13.1. The highest BCUT2D eigenvalue weighted by molar-refractivity contribution is 5.74. The van der Waals surface area contributed by atoms with Crippen LogP contribution in [0.3, 0.4) is 0 Å². The van der Waals surface area contributed by atoms with E-state index in [1.54, 1.807) is 0 Å². The topological polar surface area (TPSA) is 431 Å². The summed E-state index contributed by atoms with van der Waals surface area (Å²) < 4.78 is 32.8. The first-order chi connectivity index (χ1) is 40.0. The van der Waals surface area contributed by atoms with Crippen molar-refractivity contribution in [3.63, 3.8) is 0 Å². The van der Waals surface area contributed by atoms with E-state index in [1.807, 2.05) is 0 Å². The molecule has 0 saturated heterocycles. The average Bonchev–Trinajstić information content (AvgIpc) is 0.716. The molecule has 0 radical (unpaired) electrons. The molecule has 0 amide bonds. The third-order valence-electron chi connectivity index (χ3n) is 16.4. The van der Waals surface area contributed by atoms with Crippen molar-refractivity contribution < 1.29 is 121 Å². The van der Waals surface area contributed by atoms with Gasteiger partial charge in [0.15, 0.2) is 58.2 Å². The highest BCUT2D eigenvalue weighted by Crippen LogP contribution is 2.67. The largest absolute Gasteiger partial charge is 0.508 e. The molecule has 0 fully saturated rings. The second kappa shape index (κ2) is 18.6. The van der Waals surface area contributed by atoms with Gasteiger partial charge < -0.3 is 121 Å². The second-order valence-corrected chi connectivity index (χ2v) is 21.2. The van der Waals surface area contributed by atoms with Crippen LogP contribution in [0.25, 0.3) is 0 Å². The molecule has 84 heavy (non-hydrogen) atoms. The van der Waals surface area contributed by atoms with Crippen LogP contribution < -0.4 is 23.7 Å². The smallest absolute Gasteiger partial charge is 0.305 e. The van der Waals surface area contributed by atoms with Crippen LogP contribution in [-0.4, -0.2) is 121 Å². The number of hydrogen-bond donors (Lipinski definition) is 19. The molecular formula is C60H48O24. The fraction of sp³-hybridized carbons (Fsp3) is 0.200. The quantitative estimate of drug-likeness (QED) is 0.0889. The molecule has 5 aliphatic rings. The lowest BCUT2D eigenvalue weighted by molar-refractivity contribution is -0.219. The van der Waals surface area contributed by atoms with Crippen molar-refractivity contribution in [1.82, 2.24) is 0 Å². The van der Waals surface area contributed by atoms with E-state index in [-0.39, 0.29) is 62.6 Å². The summed E-state index contributed by atoms with van der Waals surface area (Å²) >= 11 is 0. The number of aromatic hydroxyl groups is 15. The maximum Gasteiger partial charge on any atom is 0.305 e. The lowest BCUT2D eigenvalue weighted by Gasteiger charge is -2.51. The summed E-state index contributed by atoms with van der Waals surface area (Å²) in [7, 11) is 0. The summed E-state index contributed by atoms with van der Waals surface area (Å²) in [5.41, 5.74) is -2.71. The maximum atomic E-state index is 13.1. The van der Waals surface area contributed by atoms with Gasteiger partial charge in [-0.25, -0.2) is 0 Å². The lowest BCUT2D eigenvalue weighted by atomic mass is 9.70. The molecule has 432 valence electrons. The number of fused-ring (bicyclic) bond motifs is 10. The van der Waals surface area contributed by atoms with Gasteiger partial charge in [-0.05, 0) is 71.3 Å². The zero-order chi connectivity index (χ0) is 59.4. The summed E-state index contributed by atoms with van der Waals surface area (Å²) in [5, 5.41) is 218. The van der Waals surface area contributed by atoms with Crippen LogP contribution in [0.4, 0.5) is 0 Å². The molecule has 2 bridgehead atoms. The molecule has 5 aliphatic heterocycles. The Hall–Kier alpha value is -10.4. The minimum Gasteiger partial charge on any atom is -0.508 e. The van der Waals surface area contributed by atoms with Crippen LogP contribution >= 0.6 is 0 Å². The summed E-state index contributed by atoms with van der Waals surface area (Å²) in [6.45, 7) is 0. The Kier molecular flexibility index (Phi) is 11.7. The molecule has 24 nitrogen and oxygen atoms in total. The molecule has 0 saturated carbocycles. The zero-order valence-corrected chi connectivity index (χ0v) is 42.8. The van der Waals surface area contributed by atoms with Gasteiger partial charge in [0.1, 0.15) is 93.4 Å². The molecule has 24 heteroatoms. The van der Waals surface area contributed by atoms with Gasteiger partial charge in [-0.2, -0.15) is 0 Å². The normalized spacial score (nSPS) is 25.1. The number of hydrogen-bond acceptors (Lipinski definition) is 24. The van der Waals surface area contributed by atoms with E-state index >= 15 is 0 Å². The SMILES string of the molecule is Oc1cc(O)c2c(c1)O[C@H](c1ccc(O)c(O)c1)[C@H](O)[C@H]2c1c(O)cc(O)c2c1O[C@H](c1ccc(O)c(O)c1)[C@H](O)[C@H]2c1c(O)cc(O)c2c1O[C@@]1(c3ccc(O)c(O)c3)Oc3cc(O)c4c(c3C2[C@H]1O)OC(c1ccc(O)c(O)c1)C(O)C4. The Bertz CT molecular complexity index is 4110. The number of rotatable bonds is 6. The first-order valence-corrected chi connectivity index (χ1v) is 25.8. The van der Waals surface area contributed by atoms with Crippen molar-refractivity contribution in [1.29, 1.82) is 0 Å². The first-order valence-electron chi connectivity index (χ1n) is 25.8. The number of aliphatic hydroxyl groups is 4. The monoisotopic (exact) mass is 1150 g/mol. The van der Waals surface area contributed by atoms with Crippen LogP contribution in [0.5, 0.6) is 115 Å². The van der Waals surface area contributed by atoms with Crippen LogP contribution in [0.2, 0.25) is 0 Å². The van der Waals surface area contributed by atoms with Crippen LogP contribution in [0, 0.1) is 0 Å². The number of ether oxygens (including phenoxy) is 5. The lowest BCUT2D eigenvalue weighted by Crippen LogP contribution is -2.58. The number of phenolic OH excluding ortho intramolecular Hbond substituents is 15. The molecule has 19 N–H and O–H groups in total. The zero-order valence-electron chi connectivity index (χ0n) is 42.8. The first kappa shape index (κ1) is 52.9. The summed E-state index contributed by atoms with van der Waals surface area (Å²) in [6, 6.07) is 18.1. The van der Waals surface area contributed by atoms with Crippen molar-refractivity contribution in [2.24, 2.45) is 0 Å². The predicted octanol–water partition coefficient (Wildman–Crippen LogP) is 5.69. The van der Waals surface area contributed by atoms with Crippen LogP contribution in [-0.2, 0) is 12.2 Å². The Morgan fingerprint density at radius 1 is 0.333 bits per heavy atom.